The van der Waals surface area contributed by atoms with Crippen LogP contribution in [0.2, 0.25) is 0 Å². The number of anilines is 1. The van der Waals surface area contributed by atoms with Crippen LogP contribution in [0.25, 0.3) is 0 Å². The second-order valence-corrected chi connectivity index (χ2v) is 7.58. The van der Waals surface area contributed by atoms with E-state index < -0.39 is 0 Å². The van der Waals surface area contributed by atoms with E-state index in [0.29, 0.717) is 0 Å². The maximum atomic E-state index is 12.3. The number of amides is 2. The van der Waals surface area contributed by atoms with Crippen molar-refractivity contribution in [3.63, 3.8) is 0 Å². The van der Waals surface area contributed by atoms with E-state index in [1.54, 1.807) is 0 Å². The predicted molar refractivity (Wildman–Crippen MR) is 103 cm³/mol. The largest absolute Gasteiger partial charge is 0.329 e. The molecule has 3 rings (SSSR count). The molecule has 0 heterocycles. The van der Waals surface area contributed by atoms with E-state index in [2.05, 4.69) is 41.2 Å². The van der Waals surface area contributed by atoms with Crippen LogP contribution >= 0.6 is 11.9 Å². The summed E-state index contributed by atoms with van der Waals surface area (Å²) in [5, 5.41) is 5.09. The number of benzene rings is 1. The van der Waals surface area contributed by atoms with Crippen molar-refractivity contribution in [2.24, 2.45) is 0 Å². The lowest BCUT2D eigenvalue weighted by Gasteiger charge is -2.16. The minimum Gasteiger partial charge on any atom is -0.309 e. The van der Waals surface area contributed by atoms with Gasteiger partial charge in [-0.15, -0.1) is 0 Å². The Morgan fingerprint density at radius 2 is 1.83 bits per heavy atom. The van der Waals surface area contributed by atoms with E-state index in [9.17, 15) is 4.79 Å². The third kappa shape index (κ3) is 4.14. The number of rotatable bonds is 6. The molecule has 0 unspecified atom stereocenters. The van der Waals surface area contributed by atoms with Crippen molar-refractivity contribution in [2.75, 3.05) is 26.0 Å². The van der Waals surface area contributed by atoms with Crippen LogP contribution in [0.4, 0.5) is 10.5 Å². The van der Waals surface area contributed by atoms with Gasteiger partial charge in [-0.1, -0.05) is 12.1 Å². The third-order valence-corrected chi connectivity index (χ3v) is 5.40. The zero-order chi connectivity index (χ0) is 16.9. The lowest BCUT2D eigenvalue weighted by atomic mass is 9.99. The van der Waals surface area contributed by atoms with Crippen LogP contribution in [0.5, 0.6) is 0 Å². The predicted octanol–water partition coefficient (Wildman–Crippen LogP) is 3.90. The Balaban J connectivity index is 1.57. The molecule has 24 heavy (non-hydrogen) atoms. The summed E-state index contributed by atoms with van der Waals surface area (Å²) in [6.45, 7) is 1.02. The van der Waals surface area contributed by atoms with Gasteiger partial charge in [-0.05, 0) is 98.7 Å². The molecular weight excluding hydrogens is 318 g/mol. The number of carbonyl (C=O) groups excluding carboxylic acids is 1. The highest BCUT2D eigenvalue weighted by molar-refractivity contribution is 8.00. The summed E-state index contributed by atoms with van der Waals surface area (Å²) in [5.41, 5.74) is 6.74. The van der Waals surface area contributed by atoms with Gasteiger partial charge in [0.05, 0.1) is 0 Å². The summed E-state index contributed by atoms with van der Waals surface area (Å²) in [5.74, 6) is 0. The average Bonchev–Trinajstić information content (AvgIpc) is 3.18. The highest BCUT2D eigenvalue weighted by Gasteiger charge is 2.24. The van der Waals surface area contributed by atoms with Crippen molar-refractivity contribution in [3.8, 4) is 0 Å². The summed E-state index contributed by atoms with van der Waals surface area (Å²) in [6, 6.07) is 2.27. The van der Waals surface area contributed by atoms with E-state index in [1.807, 2.05) is 5.41 Å². The van der Waals surface area contributed by atoms with Crippen LogP contribution in [-0.2, 0) is 25.7 Å². The Morgan fingerprint density at radius 3 is 2.46 bits per heavy atom. The zero-order valence-electron chi connectivity index (χ0n) is 14.7. The van der Waals surface area contributed by atoms with E-state index in [4.69, 9.17) is 0 Å². The Morgan fingerprint density at radius 1 is 1.17 bits per heavy atom. The molecule has 2 aliphatic rings. The quantitative estimate of drug-likeness (QED) is 0.769. The molecule has 130 valence electrons. The van der Waals surface area contributed by atoms with Crippen LogP contribution in [-0.4, -0.2) is 31.6 Å². The summed E-state index contributed by atoms with van der Waals surface area (Å²) >= 11 is 1.34. The number of fused-ring (bicyclic) bond motifs is 2. The number of urea groups is 1. The maximum absolute atomic E-state index is 12.3. The van der Waals surface area contributed by atoms with Crippen molar-refractivity contribution >= 4 is 23.7 Å². The number of hydrogen-bond acceptors (Lipinski definition) is 3. The van der Waals surface area contributed by atoms with Gasteiger partial charge in [-0.25, -0.2) is 4.79 Å². The summed E-state index contributed by atoms with van der Waals surface area (Å²) in [4.78, 5) is 14.4. The molecule has 0 atom stereocenters. The van der Waals surface area contributed by atoms with E-state index in [-0.39, 0.29) is 6.03 Å². The molecule has 0 radical (unpaired) electrons. The smallest absolute Gasteiger partial charge is 0.309 e. The topological polar surface area (TPSA) is 44.4 Å². The van der Waals surface area contributed by atoms with Crippen molar-refractivity contribution in [3.05, 3.63) is 39.8 Å². The molecule has 1 aromatic rings. The number of nitrogens with zero attached hydrogens (tertiary/aromatic N) is 1. The van der Waals surface area contributed by atoms with Gasteiger partial charge in [0, 0.05) is 12.2 Å². The van der Waals surface area contributed by atoms with E-state index in [0.717, 1.165) is 44.3 Å². The molecule has 2 aliphatic carbocycles. The van der Waals surface area contributed by atoms with Gasteiger partial charge in [0.1, 0.15) is 0 Å². The van der Waals surface area contributed by atoms with Gasteiger partial charge in [-0.2, -0.15) is 0 Å². The van der Waals surface area contributed by atoms with Gasteiger partial charge in [-0.3, -0.25) is 4.72 Å². The summed E-state index contributed by atoms with van der Waals surface area (Å²) in [6.07, 6.45) is 9.98. The molecule has 4 nitrogen and oxygen atoms in total. The average molecular weight is 346 g/mol. The molecule has 0 saturated heterocycles. The molecule has 0 spiro atoms. The molecule has 2 N–H and O–H groups in total. The van der Waals surface area contributed by atoms with E-state index in [1.165, 1.54) is 47.0 Å². The molecule has 0 fully saturated rings. The van der Waals surface area contributed by atoms with E-state index >= 15 is 0 Å². The normalized spacial score (nSPS) is 15.8. The maximum Gasteiger partial charge on any atom is 0.329 e. The number of nitrogens with one attached hydrogen (secondary N) is 2. The van der Waals surface area contributed by atoms with Crippen LogP contribution < -0.4 is 10.0 Å². The molecule has 1 aromatic carbocycles. The summed E-state index contributed by atoms with van der Waals surface area (Å²) < 4.78 is 2.87. The third-order valence-electron chi connectivity index (χ3n) is 4.77. The first-order chi connectivity index (χ1) is 11.6. The second kappa shape index (κ2) is 8.08. The first-order valence-corrected chi connectivity index (χ1v) is 9.72. The van der Waals surface area contributed by atoms with Gasteiger partial charge in [0.15, 0.2) is 0 Å². The molecule has 0 aliphatic heterocycles. The fraction of sp³-hybridized carbons (Fsp3) is 0.526. The van der Waals surface area contributed by atoms with Crippen molar-refractivity contribution < 1.29 is 4.79 Å². The lowest BCUT2D eigenvalue weighted by Crippen LogP contribution is -2.24. The molecular formula is C19H27N3OS. The Bertz CT molecular complexity index is 608. The standard InChI is InChI=1S/C19H27N3OS/c1-22(2)11-3-4-12-24-21-19(23)20-18-16-9-5-7-14(16)13-15-8-6-10-17(15)18/h4,12-13H,3,5-11H2,1-2H3,(H2,20,21,23)/b12-4+. The van der Waals surface area contributed by atoms with Crippen LogP contribution in [0.3, 0.4) is 0 Å². The molecule has 5 heteroatoms. The SMILES string of the molecule is CN(C)CC/C=C/SNC(=O)Nc1c2c(cc3c1CCC3)CCC2. The fourth-order valence-electron chi connectivity index (χ4n) is 3.64. The van der Waals surface area contributed by atoms with Gasteiger partial charge in [0.2, 0.25) is 0 Å². The minimum atomic E-state index is -0.119. The van der Waals surface area contributed by atoms with Crippen LogP contribution in [0, 0.1) is 0 Å². The van der Waals surface area contributed by atoms with Gasteiger partial charge in [0.25, 0.3) is 0 Å². The second-order valence-electron chi connectivity index (χ2n) is 6.87. The van der Waals surface area contributed by atoms with Gasteiger partial charge < -0.3 is 10.2 Å². The number of aryl methyl sites for hydroxylation is 2. The Hall–Kier alpha value is -1.46. The Labute approximate surface area is 149 Å². The molecule has 0 bridgehead atoms. The first kappa shape index (κ1) is 17.4. The minimum absolute atomic E-state index is 0.119. The fourth-order valence-corrected chi connectivity index (χ4v) is 4.10. The van der Waals surface area contributed by atoms with Crippen LogP contribution in [0.15, 0.2) is 17.6 Å². The molecule has 2 amide bonds. The number of hydrogen-bond donors (Lipinski definition) is 2. The zero-order valence-corrected chi connectivity index (χ0v) is 15.5. The summed E-state index contributed by atoms with van der Waals surface area (Å²) in [7, 11) is 4.12. The Kier molecular flexibility index (Phi) is 5.85. The van der Waals surface area contributed by atoms with Gasteiger partial charge >= 0.3 is 6.03 Å². The highest BCUT2D eigenvalue weighted by Crippen LogP contribution is 2.38. The molecule has 0 aromatic heterocycles. The van der Waals surface area contributed by atoms with Crippen molar-refractivity contribution in [1.29, 1.82) is 0 Å². The lowest BCUT2D eigenvalue weighted by molar-refractivity contribution is 0.257. The first-order valence-electron chi connectivity index (χ1n) is 8.84. The molecule has 0 saturated carbocycles. The highest BCUT2D eigenvalue weighted by atomic mass is 32.2. The van der Waals surface area contributed by atoms with Crippen LogP contribution in [0.1, 0.15) is 41.5 Å². The van der Waals surface area contributed by atoms with Crippen molar-refractivity contribution in [1.82, 2.24) is 9.62 Å². The monoisotopic (exact) mass is 345 g/mol. The van der Waals surface area contributed by atoms with Crippen molar-refractivity contribution in [2.45, 2.75) is 44.9 Å². The number of carbonyl (C=O) groups is 1.